The molecule has 1 aliphatic rings. The Morgan fingerprint density at radius 3 is 2.60 bits per heavy atom. The summed E-state index contributed by atoms with van der Waals surface area (Å²) in [6.07, 6.45) is 1.94. The molecule has 6 nitrogen and oxygen atoms in total. The summed E-state index contributed by atoms with van der Waals surface area (Å²) in [5.74, 6) is -1.73. The first-order valence-electron chi connectivity index (χ1n) is 8.18. The van der Waals surface area contributed by atoms with Crippen LogP contribution in [0.4, 0.5) is 4.39 Å². The number of rotatable bonds is 4. The van der Waals surface area contributed by atoms with Gasteiger partial charge in [0, 0.05) is 19.3 Å². The summed E-state index contributed by atoms with van der Waals surface area (Å²) in [4.78, 5) is 25.9. The van der Waals surface area contributed by atoms with Crippen LogP contribution in [0.3, 0.4) is 0 Å². The maximum Gasteiger partial charge on any atom is 0.311 e. The molecule has 0 spiro atoms. The van der Waals surface area contributed by atoms with Crippen LogP contribution in [-0.2, 0) is 4.79 Å². The van der Waals surface area contributed by atoms with E-state index in [1.807, 2.05) is 13.8 Å². The molecule has 1 N–H and O–H groups in total. The Bertz CT molecular complexity index is 817. The van der Waals surface area contributed by atoms with Crippen LogP contribution in [0.25, 0.3) is 5.69 Å². The first-order chi connectivity index (χ1) is 11.8. The Hall–Kier alpha value is -2.70. The number of carboxylic acids is 1. The maximum atomic E-state index is 13.8. The van der Waals surface area contributed by atoms with Crippen molar-refractivity contribution in [2.45, 2.75) is 20.3 Å². The predicted molar refractivity (Wildman–Crippen MR) is 88.9 cm³/mol. The second-order valence-electron chi connectivity index (χ2n) is 6.69. The summed E-state index contributed by atoms with van der Waals surface area (Å²) in [5, 5.41) is 13.7. The van der Waals surface area contributed by atoms with E-state index in [4.69, 9.17) is 0 Å². The number of carbonyl (C=O) groups excluding carboxylic acids is 1. The van der Waals surface area contributed by atoms with E-state index in [0.29, 0.717) is 13.0 Å². The molecule has 2 heterocycles. The molecule has 2 aromatic rings. The molecule has 1 amide bonds. The SMILES string of the molecule is CC(C)C1(C(=O)O)CCN(C(=O)c2ccn(-c3ccccc3F)n2)C1. The van der Waals surface area contributed by atoms with Gasteiger partial charge in [0.2, 0.25) is 0 Å². The largest absolute Gasteiger partial charge is 0.481 e. The highest BCUT2D eigenvalue weighted by Gasteiger charge is 2.48. The number of carboxylic acid groups (broad SMARTS) is 1. The van der Waals surface area contributed by atoms with Crippen LogP contribution < -0.4 is 0 Å². The summed E-state index contributed by atoms with van der Waals surface area (Å²) in [6.45, 7) is 4.24. The standard InChI is InChI=1S/C18H20FN3O3/c1-12(2)18(17(24)25)8-10-21(11-18)16(23)14-7-9-22(20-14)15-6-4-3-5-13(15)19/h3-7,9,12H,8,10-11H2,1-2H3,(H,24,25). The van der Waals surface area contributed by atoms with Crippen LogP contribution in [0.5, 0.6) is 0 Å². The van der Waals surface area contributed by atoms with Crippen molar-refractivity contribution in [3.8, 4) is 5.69 Å². The van der Waals surface area contributed by atoms with Crippen molar-refractivity contribution in [3.63, 3.8) is 0 Å². The molecule has 1 unspecified atom stereocenters. The number of aromatic nitrogens is 2. The molecule has 0 radical (unpaired) electrons. The van der Waals surface area contributed by atoms with E-state index < -0.39 is 17.2 Å². The fourth-order valence-corrected chi connectivity index (χ4v) is 3.27. The van der Waals surface area contributed by atoms with Crippen LogP contribution in [-0.4, -0.2) is 44.8 Å². The van der Waals surface area contributed by atoms with Gasteiger partial charge in [-0.3, -0.25) is 9.59 Å². The van der Waals surface area contributed by atoms with Gasteiger partial charge >= 0.3 is 5.97 Å². The van der Waals surface area contributed by atoms with Crippen molar-refractivity contribution in [2.24, 2.45) is 11.3 Å². The maximum absolute atomic E-state index is 13.8. The van der Waals surface area contributed by atoms with Crippen molar-refractivity contribution in [1.82, 2.24) is 14.7 Å². The van der Waals surface area contributed by atoms with E-state index in [-0.39, 0.29) is 29.8 Å². The summed E-state index contributed by atoms with van der Waals surface area (Å²) >= 11 is 0. The Balaban J connectivity index is 1.82. The van der Waals surface area contributed by atoms with Gasteiger partial charge < -0.3 is 10.0 Å². The van der Waals surface area contributed by atoms with E-state index in [1.165, 1.54) is 27.9 Å². The molecule has 1 aliphatic heterocycles. The number of carbonyl (C=O) groups is 2. The quantitative estimate of drug-likeness (QED) is 0.924. The number of para-hydroxylation sites is 1. The van der Waals surface area contributed by atoms with Crippen molar-refractivity contribution >= 4 is 11.9 Å². The lowest BCUT2D eigenvalue weighted by Crippen LogP contribution is -2.40. The molecule has 1 fully saturated rings. The zero-order chi connectivity index (χ0) is 18.2. The number of hydrogen-bond acceptors (Lipinski definition) is 3. The molecule has 1 aromatic heterocycles. The minimum absolute atomic E-state index is 0.0845. The average molecular weight is 345 g/mol. The molecule has 132 valence electrons. The number of aliphatic carboxylic acids is 1. The molecule has 0 saturated carbocycles. The number of halogens is 1. The lowest BCUT2D eigenvalue weighted by Gasteiger charge is -2.28. The minimum atomic E-state index is -0.927. The van der Waals surface area contributed by atoms with Crippen molar-refractivity contribution in [2.75, 3.05) is 13.1 Å². The number of likely N-dealkylation sites (tertiary alicyclic amines) is 1. The van der Waals surface area contributed by atoms with Crippen molar-refractivity contribution in [3.05, 3.63) is 48.0 Å². The predicted octanol–water partition coefficient (Wildman–Crippen LogP) is 2.58. The molecule has 1 aromatic carbocycles. The van der Waals surface area contributed by atoms with E-state index in [1.54, 1.807) is 18.2 Å². The van der Waals surface area contributed by atoms with Gasteiger partial charge in [-0.2, -0.15) is 5.10 Å². The van der Waals surface area contributed by atoms with Gasteiger partial charge in [0.15, 0.2) is 5.69 Å². The van der Waals surface area contributed by atoms with E-state index in [9.17, 15) is 19.1 Å². The van der Waals surface area contributed by atoms with Gasteiger partial charge in [-0.05, 0) is 30.5 Å². The number of hydrogen-bond donors (Lipinski definition) is 1. The summed E-state index contributed by atoms with van der Waals surface area (Å²) in [7, 11) is 0. The minimum Gasteiger partial charge on any atom is -0.481 e. The Kier molecular flexibility index (Phi) is 4.32. The van der Waals surface area contributed by atoms with Gasteiger partial charge in [-0.25, -0.2) is 9.07 Å². The highest BCUT2D eigenvalue weighted by Crippen LogP contribution is 2.38. The average Bonchev–Trinajstić information content (AvgIpc) is 3.23. The third-order valence-electron chi connectivity index (χ3n) is 5.03. The zero-order valence-corrected chi connectivity index (χ0v) is 14.1. The highest BCUT2D eigenvalue weighted by molar-refractivity contribution is 5.93. The molecule has 1 atom stereocenters. The fourth-order valence-electron chi connectivity index (χ4n) is 3.27. The third kappa shape index (κ3) is 2.90. The normalized spacial score (nSPS) is 20.2. The fraction of sp³-hybridized carbons (Fsp3) is 0.389. The van der Waals surface area contributed by atoms with Crippen LogP contribution in [0.2, 0.25) is 0 Å². The van der Waals surface area contributed by atoms with Crippen LogP contribution in [0, 0.1) is 17.2 Å². The second kappa shape index (κ2) is 6.31. The highest BCUT2D eigenvalue weighted by atomic mass is 19.1. The molecular formula is C18H20FN3O3. The van der Waals surface area contributed by atoms with Gasteiger partial charge in [0.05, 0.1) is 5.41 Å². The van der Waals surface area contributed by atoms with Gasteiger partial charge in [-0.15, -0.1) is 0 Å². The molecule has 0 bridgehead atoms. The zero-order valence-electron chi connectivity index (χ0n) is 14.1. The van der Waals surface area contributed by atoms with E-state index in [2.05, 4.69) is 5.10 Å². The summed E-state index contributed by atoms with van der Waals surface area (Å²) in [5.41, 5.74) is -0.498. The lowest BCUT2D eigenvalue weighted by molar-refractivity contribution is -0.150. The number of nitrogens with zero attached hydrogens (tertiary/aromatic N) is 3. The molecule has 1 saturated heterocycles. The van der Waals surface area contributed by atoms with Crippen LogP contribution in [0.1, 0.15) is 30.8 Å². The van der Waals surface area contributed by atoms with Crippen molar-refractivity contribution < 1.29 is 19.1 Å². The van der Waals surface area contributed by atoms with Gasteiger partial charge in [-0.1, -0.05) is 26.0 Å². The number of benzene rings is 1. The Morgan fingerprint density at radius 1 is 1.28 bits per heavy atom. The molecule has 3 rings (SSSR count). The van der Waals surface area contributed by atoms with E-state index >= 15 is 0 Å². The smallest absolute Gasteiger partial charge is 0.311 e. The number of amides is 1. The molecule has 7 heteroatoms. The monoisotopic (exact) mass is 345 g/mol. The Morgan fingerprint density at radius 2 is 2.00 bits per heavy atom. The van der Waals surface area contributed by atoms with E-state index in [0.717, 1.165) is 0 Å². The van der Waals surface area contributed by atoms with Gasteiger partial charge in [0.25, 0.3) is 5.91 Å². The topological polar surface area (TPSA) is 75.4 Å². The summed E-state index contributed by atoms with van der Waals surface area (Å²) < 4.78 is 15.2. The molecule has 25 heavy (non-hydrogen) atoms. The molecular weight excluding hydrogens is 325 g/mol. The molecule has 0 aliphatic carbocycles. The summed E-state index contributed by atoms with van der Waals surface area (Å²) in [6, 6.07) is 7.68. The van der Waals surface area contributed by atoms with Crippen molar-refractivity contribution in [1.29, 1.82) is 0 Å². The van der Waals surface area contributed by atoms with Crippen LogP contribution in [0.15, 0.2) is 36.5 Å². The third-order valence-corrected chi connectivity index (χ3v) is 5.03. The second-order valence-corrected chi connectivity index (χ2v) is 6.69. The first-order valence-corrected chi connectivity index (χ1v) is 8.18. The lowest BCUT2D eigenvalue weighted by atomic mass is 9.76. The van der Waals surface area contributed by atoms with Crippen LogP contribution >= 0.6 is 0 Å². The Labute approximate surface area is 144 Å². The first kappa shape index (κ1) is 17.1. The van der Waals surface area contributed by atoms with Gasteiger partial charge in [0.1, 0.15) is 11.5 Å².